The van der Waals surface area contributed by atoms with E-state index in [0.29, 0.717) is 11.2 Å². The summed E-state index contributed by atoms with van der Waals surface area (Å²) in [7, 11) is 0. The van der Waals surface area contributed by atoms with Crippen molar-refractivity contribution in [2.75, 3.05) is 0 Å². The average Bonchev–Trinajstić information content (AvgIpc) is 2.76. The van der Waals surface area contributed by atoms with Crippen molar-refractivity contribution in [3.63, 3.8) is 0 Å². The van der Waals surface area contributed by atoms with E-state index in [1.54, 1.807) is 6.07 Å². The molecule has 124 valence electrons. The number of piperidine rings is 1. The maximum Gasteiger partial charge on any atom is 0.251 e. The number of aryl methyl sites for hydroxylation is 1. The number of hydrogen-bond donors (Lipinski definition) is 2. The van der Waals surface area contributed by atoms with Crippen molar-refractivity contribution < 1.29 is 4.79 Å². The highest BCUT2D eigenvalue weighted by molar-refractivity contribution is 5.95. The first-order chi connectivity index (χ1) is 10.7. The molecule has 6 nitrogen and oxygen atoms in total. The van der Waals surface area contributed by atoms with Gasteiger partial charge in [-0.1, -0.05) is 0 Å². The molecule has 0 bridgehead atoms. The van der Waals surface area contributed by atoms with Crippen molar-refractivity contribution in [3.05, 3.63) is 29.7 Å². The van der Waals surface area contributed by atoms with Crippen molar-refractivity contribution in [3.8, 4) is 0 Å². The van der Waals surface area contributed by atoms with Gasteiger partial charge >= 0.3 is 0 Å². The summed E-state index contributed by atoms with van der Waals surface area (Å²) in [5.74, 6) is 0.764. The highest BCUT2D eigenvalue weighted by Gasteiger charge is 2.38. The smallest absolute Gasteiger partial charge is 0.251 e. The minimum absolute atomic E-state index is 0.00771. The van der Waals surface area contributed by atoms with Gasteiger partial charge in [-0.15, -0.1) is 10.2 Å². The number of nitrogens with one attached hydrogen (secondary N) is 2. The van der Waals surface area contributed by atoms with Crippen molar-refractivity contribution in [1.29, 1.82) is 0 Å². The van der Waals surface area contributed by atoms with Gasteiger partial charge in [0.25, 0.3) is 5.91 Å². The molecule has 0 unspecified atom stereocenters. The highest BCUT2D eigenvalue weighted by atomic mass is 16.1. The van der Waals surface area contributed by atoms with Crippen LogP contribution in [-0.2, 0) is 0 Å². The standard InChI is InChI=1S/C17H25N5O/c1-11-19-20-14-8-12(6-7-22(11)14)15(23)18-13-9-16(2,3)21-17(4,5)10-13/h6-8,13,21H,9-10H2,1-5H3,(H,18,23). The Morgan fingerprint density at radius 2 is 1.91 bits per heavy atom. The average molecular weight is 315 g/mol. The zero-order valence-corrected chi connectivity index (χ0v) is 14.5. The quantitative estimate of drug-likeness (QED) is 0.890. The second-order valence-electron chi connectivity index (χ2n) is 7.86. The fraction of sp³-hybridized carbons (Fsp3) is 0.588. The third-order valence-corrected chi connectivity index (χ3v) is 4.37. The molecule has 0 aliphatic carbocycles. The summed E-state index contributed by atoms with van der Waals surface area (Å²) in [5.41, 5.74) is 1.34. The summed E-state index contributed by atoms with van der Waals surface area (Å²) < 4.78 is 1.87. The molecule has 3 heterocycles. The number of fused-ring (bicyclic) bond motifs is 1. The van der Waals surface area contributed by atoms with Crippen molar-refractivity contribution in [1.82, 2.24) is 25.2 Å². The Hall–Kier alpha value is -1.95. The third-order valence-electron chi connectivity index (χ3n) is 4.37. The van der Waals surface area contributed by atoms with Gasteiger partial charge in [0, 0.05) is 28.9 Å². The molecule has 2 aromatic rings. The zero-order valence-electron chi connectivity index (χ0n) is 14.5. The Morgan fingerprint density at radius 3 is 2.57 bits per heavy atom. The van der Waals surface area contributed by atoms with Crippen LogP contribution < -0.4 is 10.6 Å². The summed E-state index contributed by atoms with van der Waals surface area (Å²) in [6.07, 6.45) is 3.67. The van der Waals surface area contributed by atoms with Gasteiger partial charge in [0.1, 0.15) is 5.82 Å². The van der Waals surface area contributed by atoms with E-state index in [-0.39, 0.29) is 23.0 Å². The number of nitrogens with zero attached hydrogens (tertiary/aromatic N) is 3. The lowest BCUT2D eigenvalue weighted by atomic mass is 9.79. The van der Waals surface area contributed by atoms with Crippen molar-refractivity contribution in [2.24, 2.45) is 0 Å². The van der Waals surface area contributed by atoms with E-state index in [2.05, 4.69) is 48.5 Å². The lowest BCUT2D eigenvalue weighted by Crippen LogP contribution is -2.62. The largest absolute Gasteiger partial charge is 0.349 e. The van der Waals surface area contributed by atoms with E-state index in [9.17, 15) is 4.79 Å². The van der Waals surface area contributed by atoms with Crippen LogP contribution in [0.15, 0.2) is 18.3 Å². The lowest BCUT2D eigenvalue weighted by molar-refractivity contribution is 0.0873. The summed E-state index contributed by atoms with van der Waals surface area (Å²) in [6.45, 7) is 10.6. The van der Waals surface area contributed by atoms with Crippen LogP contribution in [0.25, 0.3) is 5.65 Å². The van der Waals surface area contributed by atoms with E-state index in [4.69, 9.17) is 0 Å². The Balaban J connectivity index is 1.77. The molecule has 1 aliphatic rings. The maximum atomic E-state index is 12.6. The number of pyridine rings is 1. The molecule has 2 aromatic heterocycles. The predicted molar refractivity (Wildman–Crippen MR) is 89.5 cm³/mol. The molecule has 0 spiro atoms. The van der Waals surface area contributed by atoms with Gasteiger partial charge in [0.15, 0.2) is 5.65 Å². The first-order valence-electron chi connectivity index (χ1n) is 8.07. The molecule has 23 heavy (non-hydrogen) atoms. The van der Waals surface area contributed by atoms with E-state index in [1.807, 2.05) is 23.6 Å². The number of rotatable bonds is 2. The highest BCUT2D eigenvalue weighted by Crippen LogP contribution is 2.28. The zero-order chi connectivity index (χ0) is 16.8. The summed E-state index contributed by atoms with van der Waals surface area (Å²) in [5, 5.41) is 14.9. The van der Waals surface area contributed by atoms with Crippen molar-refractivity contribution in [2.45, 2.75) is 64.6 Å². The Morgan fingerprint density at radius 1 is 1.26 bits per heavy atom. The number of aromatic nitrogens is 3. The van der Waals surface area contributed by atoms with Crippen LogP contribution in [-0.4, -0.2) is 37.6 Å². The molecule has 1 saturated heterocycles. The normalized spacial score (nSPS) is 20.6. The lowest BCUT2D eigenvalue weighted by Gasteiger charge is -2.46. The van der Waals surface area contributed by atoms with Crippen LogP contribution in [0.5, 0.6) is 0 Å². The fourth-order valence-electron chi connectivity index (χ4n) is 3.84. The molecular weight excluding hydrogens is 290 g/mol. The Bertz CT molecular complexity index is 731. The molecule has 2 N–H and O–H groups in total. The van der Waals surface area contributed by atoms with E-state index < -0.39 is 0 Å². The number of carbonyl (C=O) groups excluding carboxylic acids is 1. The van der Waals surface area contributed by atoms with Gasteiger partial charge in [0.05, 0.1) is 0 Å². The van der Waals surface area contributed by atoms with E-state index in [0.717, 1.165) is 18.7 Å². The molecule has 6 heteroatoms. The molecular formula is C17H25N5O. The van der Waals surface area contributed by atoms with E-state index in [1.165, 1.54) is 0 Å². The van der Waals surface area contributed by atoms with Gasteiger partial charge in [0.2, 0.25) is 0 Å². The number of hydrogen-bond acceptors (Lipinski definition) is 4. The minimum atomic E-state index is -0.0494. The van der Waals surface area contributed by atoms with Gasteiger partial charge in [-0.25, -0.2) is 0 Å². The van der Waals surface area contributed by atoms with Crippen LogP contribution >= 0.6 is 0 Å². The predicted octanol–water partition coefficient (Wildman–Crippen LogP) is 2.08. The van der Waals surface area contributed by atoms with Gasteiger partial charge < -0.3 is 10.6 Å². The molecule has 0 radical (unpaired) electrons. The van der Waals surface area contributed by atoms with Gasteiger partial charge in [-0.05, 0) is 59.6 Å². The van der Waals surface area contributed by atoms with Crippen LogP contribution in [0.3, 0.4) is 0 Å². The van der Waals surface area contributed by atoms with Crippen LogP contribution in [0.2, 0.25) is 0 Å². The molecule has 0 atom stereocenters. The summed E-state index contributed by atoms with van der Waals surface area (Å²) in [6, 6.07) is 3.76. The van der Waals surface area contributed by atoms with Crippen LogP contribution in [0.4, 0.5) is 0 Å². The molecule has 3 rings (SSSR count). The molecule has 1 fully saturated rings. The molecule has 1 aliphatic heterocycles. The Kier molecular flexibility index (Phi) is 3.67. The maximum absolute atomic E-state index is 12.6. The van der Waals surface area contributed by atoms with Gasteiger partial charge in [-0.3, -0.25) is 9.20 Å². The molecule has 0 aromatic carbocycles. The summed E-state index contributed by atoms with van der Waals surface area (Å²) >= 11 is 0. The SMILES string of the molecule is Cc1nnc2cc(C(=O)NC3CC(C)(C)NC(C)(C)C3)ccn12. The minimum Gasteiger partial charge on any atom is -0.349 e. The fourth-order valence-corrected chi connectivity index (χ4v) is 3.84. The van der Waals surface area contributed by atoms with Crippen LogP contribution in [0, 0.1) is 6.92 Å². The third kappa shape index (κ3) is 3.37. The molecule has 1 amide bonds. The molecule has 0 saturated carbocycles. The van der Waals surface area contributed by atoms with Crippen molar-refractivity contribution >= 4 is 11.6 Å². The second-order valence-corrected chi connectivity index (χ2v) is 7.86. The first kappa shape index (κ1) is 15.9. The monoisotopic (exact) mass is 315 g/mol. The Labute approximate surface area is 136 Å². The summed E-state index contributed by atoms with van der Waals surface area (Å²) in [4.78, 5) is 12.6. The second kappa shape index (κ2) is 5.30. The first-order valence-corrected chi connectivity index (χ1v) is 8.07. The number of carbonyl (C=O) groups is 1. The van der Waals surface area contributed by atoms with Crippen LogP contribution in [0.1, 0.15) is 56.7 Å². The number of amides is 1. The topological polar surface area (TPSA) is 71.3 Å². The van der Waals surface area contributed by atoms with Gasteiger partial charge in [-0.2, -0.15) is 0 Å². The van der Waals surface area contributed by atoms with E-state index >= 15 is 0 Å².